The third-order valence-corrected chi connectivity index (χ3v) is 7.93. The first kappa shape index (κ1) is 22.1. The van der Waals surface area contributed by atoms with Gasteiger partial charge in [-0.15, -0.1) is 0 Å². The Balaban J connectivity index is 1.29. The molecule has 0 aliphatic carbocycles. The van der Waals surface area contributed by atoms with Crippen molar-refractivity contribution in [1.29, 1.82) is 0 Å². The fourth-order valence-corrected chi connectivity index (χ4v) is 5.87. The summed E-state index contributed by atoms with van der Waals surface area (Å²) >= 11 is 0. The normalized spacial score (nSPS) is 21.7. The van der Waals surface area contributed by atoms with Crippen LogP contribution < -0.4 is 0 Å². The Morgan fingerprint density at radius 2 is 1.82 bits per heavy atom. The van der Waals surface area contributed by atoms with Crippen molar-refractivity contribution in [3.05, 3.63) is 72.3 Å². The van der Waals surface area contributed by atoms with Gasteiger partial charge in [0.05, 0.1) is 16.6 Å². The predicted molar refractivity (Wildman–Crippen MR) is 132 cm³/mol. The van der Waals surface area contributed by atoms with Crippen molar-refractivity contribution in [2.24, 2.45) is 11.3 Å². The Morgan fingerprint density at radius 1 is 1.00 bits per heavy atom. The van der Waals surface area contributed by atoms with Gasteiger partial charge in [0.2, 0.25) is 5.91 Å². The summed E-state index contributed by atoms with van der Waals surface area (Å²) in [7, 11) is 2.17. The Hall–Kier alpha value is -2.66. The van der Waals surface area contributed by atoms with Gasteiger partial charge in [-0.1, -0.05) is 30.3 Å². The molecule has 2 saturated heterocycles. The number of amides is 1. The number of carbonyl (C=O) groups excluding carboxylic acids is 1. The lowest BCUT2D eigenvalue weighted by Crippen LogP contribution is -2.51. The summed E-state index contributed by atoms with van der Waals surface area (Å²) in [4.78, 5) is 23.3. The van der Waals surface area contributed by atoms with Gasteiger partial charge in [-0.25, -0.2) is 0 Å². The number of fused-ring (bicyclic) bond motifs is 1. The minimum absolute atomic E-state index is 0.257. The highest BCUT2D eigenvalue weighted by Gasteiger charge is 2.43. The fourth-order valence-electron chi connectivity index (χ4n) is 5.87. The van der Waals surface area contributed by atoms with Gasteiger partial charge in [0.15, 0.2) is 0 Å². The van der Waals surface area contributed by atoms with Crippen LogP contribution in [0.2, 0.25) is 0 Å². The van der Waals surface area contributed by atoms with Gasteiger partial charge in [-0.05, 0) is 88.7 Å². The zero-order valence-electron chi connectivity index (χ0n) is 19.8. The van der Waals surface area contributed by atoms with Crippen LogP contribution in [0.5, 0.6) is 0 Å². The van der Waals surface area contributed by atoms with Crippen LogP contribution in [-0.4, -0.2) is 58.3 Å². The van der Waals surface area contributed by atoms with Gasteiger partial charge in [0.1, 0.15) is 0 Å². The minimum Gasteiger partial charge on any atom is -0.342 e. The maximum atomic E-state index is 14.0. The average molecular weight is 445 g/mol. The van der Waals surface area contributed by atoms with Crippen LogP contribution in [0, 0.1) is 11.3 Å². The van der Waals surface area contributed by atoms with Crippen LogP contribution in [0.1, 0.15) is 43.4 Å². The number of benzene rings is 1. The van der Waals surface area contributed by atoms with Gasteiger partial charge < -0.3 is 14.2 Å². The lowest BCUT2D eigenvalue weighted by Gasteiger charge is -2.42. The number of piperidine rings is 1. The van der Waals surface area contributed by atoms with Gasteiger partial charge in [0, 0.05) is 31.7 Å². The summed E-state index contributed by atoms with van der Waals surface area (Å²) in [5.74, 6) is 0.978. The van der Waals surface area contributed by atoms with Crippen molar-refractivity contribution in [2.45, 2.75) is 44.9 Å². The zero-order chi connectivity index (χ0) is 22.7. The van der Waals surface area contributed by atoms with Crippen molar-refractivity contribution in [1.82, 2.24) is 19.2 Å². The van der Waals surface area contributed by atoms with Crippen molar-refractivity contribution < 1.29 is 4.79 Å². The first-order chi connectivity index (χ1) is 16.1. The number of rotatable bonds is 5. The molecule has 0 saturated carbocycles. The van der Waals surface area contributed by atoms with Crippen molar-refractivity contribution in [3.8, 4) is 0 Å². The van der Waals surface area contributed by atoms with E-state index in [0.717, 1.165) is 64.7 Å². The topological polar surface area (TPSA) is 40.9 Å². The van der Waals surface area contributed by atoms with E-state index in [2.05, 4.69) is 69.9 Å². The second kappa shape index (κ2) is 9.68. The summed E-state index contributed by atoms with van der Waals surface area (Å²) in [5.41, 5.74) is 3.42. The van der Waals surface area contributed by atoms with E-state index in [0.29, 0.717) is 11.8 Å². The van der Waals surface area contributed by atoms with Crippen molar-refractivity contribution >= 4 is 11.4 Å². The molecule has 1 aromatic carbocycles. The number of carbonyl (C=O) groups is 1. The van der Waals surface area contributed by atoms with Gasteiger partial charge in [-0.2, -0.15) is 0 Å². The van der Waals surface area contributed by atoms with Crippen LogP contribution in [0.3, 0.4) is 0 Å². The molecule has 33 heavy (non-hydrogen) atoms. The maximum absolute atomic E-state index is 14.0. The molecular formula is C28H36N4O. The molecule has 1 amide bonds. The first-order valence-corrected chi connectivity index (χ1v) is 12.6. The Bertz CT molecular complexity index is 1070. The third kappa shape index (κ3) is 4.84. The molecule has 3 aromatic rings. The van der Waals surface area contributed by atoms with Gasteiger partial charge in [-0.3, -0.25) is 9.78 Å². The summed E-state index contributed by atoms with van der Waals surface area (Å²) in [6.45, 7) is 3.77. The van der Waals surface area contributed by atoms with E-state index in [9.17, 15) is 4.79 Å². The van der Waals surface area contributed by atoms with E-state index >= 15 is 0 Å². The van der Waals surface area contributed by atoms with Crippen LogP contribution in [-0.2, 0) is 17.6 Å². The maximum Gasteiger partial charge on any atom is 0.229 e. The number of hydrogen-bond donors (Lipinski definition) is 0. The molecule has 0 N–H and O–H groups in total. The molecule has 2 aromatic heterocycles. The molecule has 5 heteroatoms. The van der Waals surface area contributed by atoms with E-state index in [4.69, 9.17) is 4.98 Å². The summed E-state index contributed by atoms with van der Waals surface area (Å²) < 4.78 is 2.16. The molecule has 2 aliphatic heterocycles. The Kier molecular flexibility index (Phi) is 6.50. The molecule has 0 bridgehead atoms. The number of likely N-dealkylation sites (tertiary alicyclic amines) is 2. The minimum atomic E-state index is -0.257. The summed E-state index contributed by atoms with van der Waals surface area (Å²) in [5, 5.41) is 0. The van der Waals surface area contributed by atoms with Crippen molar-refractivity contribution in [3.63, 3.8) is 0 Å². The van der Waals surface area contributed by atoms with Crippen LogP contribution in [0.25, 0.3) is 5.52 Å². The molecule has 2 fully saturated rings. The second-order valence-corrected chi connectivity index (χ2v) is 10.2. The van der Waals surface area contributed by atoms with Crippen LogP contribution in [0.4, 0.5) is 0 Å². The molecule has 5 nitrogen and oxygen atoms in total. The molecule has 2 aliphatic rings. The largest absolute Gasteiger partial charge is 0.342 e. The lowest BCUT2D eigenvalue weighted by atomic mass is 9.72. The highest BCUT2D eigenvalue weighted by atomic mass is 16.2. The molecule has 5 rings (SSSR count). The highest BCUT2D eigenvalue weighted by Crippen LogP contribution is 2.38. The molecule has 174 valence electrons. The molecular weight excluding hydrogens is 408 g/mol. The lowest BCUT2D eigenvalue weighted by molar-refractivity contribution is -0.145. The first-order valence-electron chi connectivity index (χ1n) is 12.6. The number of aromatic nitrogens is 2. The van der Waals surface area contributed by atoms with E-state index in [-0.39, 0.29) is 5.41 Å². The van der Waals surface area contributed by atoms with Crippen LogP contribution in [0.15, 0.2) is 61.1 Å². The Morgan fingerprint density at radius 3 is 2.64 bits per heavy atom. The predicted octanol–water partition coefficient (Wildman–Crippen LogP) is 4.46. The van der Waals surface area contributed by atoms with E-state index in [1.54, 1.807) is 0 Å². The van der Waals surface area contributed by atoms with E-state index in [1.165, 1.54) is 23.2 Å². The summed E-state index contributed by atoms with van der Waals surface area (Å²) in [6, 6.07) is 14.9. The zero-order valence-corrected chi connectivity index (χ0v) is 19.8. The van der Waals surface area contributed by atoms with E-state index in [1.807, 2.05) is 12.4 Å². The highest BCUT2D eigenvalue weighted by molar-refractivity contribution is 5.83. The molecule has 0 radical (unpaired) electrons. The third-order valence-electron chi connectivity index (χ3n) is 7.93. The monoisotopic (exact) mass is 444 g/mol. The molecule has 0 spiro atoms. The molecule has 4 heterocycles. The fraction of sp³-hybridized carbons (Fsp3) is 0.500. The van der Waals surface area contributed by atoms with Crippen LogP contribution >= 0.6 is 0 Å². The van der Waals surface area contributed by atoms with Gasteiger partial charge >= 0.3 is 0 Å². The van der Waals surface area contributed by atoms with Gasteiger partial charge in [0.25, 0.3) is 0 Å². The smallest absolute Gasteiger partial charge is 0.229 e. The Labute approximate surface area is 197 Å². The molecule has 1 atom stereocenters. The SMILES string of the molecule is CN1CCC(Cc2ccccc2)(C(=O)N2CCCC(Cc3nccn4cccc34)CC2)CC1. The number of hydrogen-bond acceptors (Lipinski definition) is 3. The van der Waals surface area contributed by atoms with E-state index < -0.39 is 0 Å². The average Bonchev–Trinajstić information content (AvgIpc) is 3.21. The molecule has 1 unspecified atom stereocenters. The second-order valence-electron chi connectivity index (χ2n) is 10.2. The van der Waals surface area contributed by atoms with Crippen molar-refractivity contribution in [2.75, 3.05) is 33.2 Å². The quantitative estimate of drug-likeness (QED) is 0.583. The summed E-state index contributed by atoms with van der Waals surface area (Å²) in [6.07, 6.45) is 13.1. The standard InChI is InChI=1S/C28H36N4O/c1-30-18-12-28(13-19-30,22-24-7-3-2-4-8-24)27(33)32-16-5-9-23(11-17-32)21-25-26-10-6-15-31(26)20-14-29-25/h2-4,6-8,10,14-15,20,23H,5,9,11-13,16-19,21-22H2,1H3. The number of nitrogens with zero attached hydrogens (tertiary/aromatic N) is 4.